The van der Waals surface area contributed by atoms with Crippen LogP contribution in [0.2, 0.25) is 5.02 Å². The predicted octanol–water partition coefficient (Wildman–Crippen LogP) is 6.20. The van der Waals surface area contributed by atoms with E-state index < -0.39 is 18.0 Å². The minimum Gasteiger partial charge on any atom is -0.472 e. The third kappa shape index (κ3) is 4.62. The molecule has 11 heteroatoms. The van der Waals surface area contributed by atoms with Gasteiger partial charge in [-0.2, -0.15) is 5.26 Å². The standard InChI is InChI=1S/C26H28BrClFN5O3/c1-14(20-4-3-9-32(20)2)37-25-17-7-11-33(16-6-10-34(26(35)36)15(12-16)5-8-30)24(17)18-13-19(28)21(27)22(29)23(18)31-25/h7,11,13-16,20H,3-6,9-10,12H2,1-2H3,(H,35,36)/t14-,15+,16-,20-/m0/s1. The van der Waals surface area contributed by atoms with Crippen LogP contribution in [0.4, 0.5) is 9.18 Å². The quantitative estimate of drug-likeness (QED) is 0.355. The van der Waals surface area contributed by atoms with Crippen LogP contribution in [0.25, 0.3) is 21.8 Å². The Morgan fingerprint density at radius 2 is 2.19 bits per heavy atom. The van der Waals surface area contributed by atoms with E-state index in [1.165, 1.54) is 4.90 Å². The molecule has 2 saturated heterocycles. The van der Waals surface area contributed by atoms with Crippen molar-refractivity contribution in [3.63, 3.8) is 0 Å². The van der Waals surface area contributed by atoms with Crippen LogP contribution in [0.3, 0.4) is 0 Å². The van der Waals surface area contributed by atoms with Crippen molar-refractivity contribution in [3.05, 3.63) is 33.6 Å². The van der Waals surface area contributed by atoms with Gasteiger partial charge in [0.2, 0.25) is 5.88 Å². The Labute approximate surface area is 227 Å². The number of likely N-dealkylation sites (tertiary alicyclic amines) is 2. The molecule has 0 unspecified atom stereocenters. The molecule has 1 N–H and O–H groups in total. The summed E-state index contributed by atoms with van der Waals surface area (Å²) in [7, 11) is 2.08. The number of hydrogen-bond donors (Lipinski definition) is 1. The molecule has 196 valence electrons. The molecule has 4 atom stereocenters. The van der Waals surface area contributed by atoms with Crippen molar-refractivity contribution in [1.29, 1.82) is 5.26 Å². The Hall–Kier alpha value is -2.61. The maximum absolute atomic E-state index is 15.5. The molecule has 4 heterocycles. The second kappa shape index (κ2) is 10.3. The van der Waals surface area contributed by atoms with E-state index in [4.69, 9.17) is 16.3 Å². The molecule has 0 radical (unpaired) electrons. The highest BCUT2D eigenvalue weighted by Gasteiger charge is 2.34. The number of carbonyl (C=O) groups is 1. The fourth-order valence-electron chi connectivity index (χ4n) is 5.95. The van der Waals surface area contributed by atoms with Crippen LogP contribution in [0, 0.1) is 17.1 Å². The van der Waals surface area contributed by atoms with Gasteiger partial charge in [0, 0.05) is 36.3 Å². The summed E-state index contributed by atoms with van der Waals surface area (Å²) in [5.41, 5.74) is 0.895. The molecule has 2 aliphatic rings. The van der Waals surface area contributed by atoms with Crippen molar-refractivity contribution in [2.24, 2.45) is 0 Å². The normalized spacial score (nSPS) is 23.5. The van der Waals surface area contributed by atoms with Gasteiger partial charge in [0.05, 0.1) is 32.9 Å². The first kappa shape index (κ1) is 26.0. The number of piperidine rings is 1. The lowest BCUT2D eigenvalue weighted by Crippen LogP contribution is -2.45. The number of hydrogen-bond acceptors (Lipinski definition) is 5. The monoisotopic (exact) mass is 591 g/mol. The Bertz CT molecular complexity index is 1410. The SMILES string of the molecule is C[C@H](Oc1nc2c(F)c(Br)c(Cl)cc2c2c1ccn2[C@H]1CCN(C(=O)O)[C@H](CC#N)C1)[C@@H]1CCCN1C. The maximum atomic E-state index is 15.5. The summed E-state index contributed by atoms with van der Waals surface area (Å²) in [6, 6.07) is 5.46. The van der Waals surface area contributed by atoms with Gasteiger partial charge in [0.25, 0.3) is 0 Å². The average molecular weight is 593 g/mol. The van der Waals surface area contributed by atoms with Gasteiger partial charge in [-0.05, 0) is 74.3 Å². The number of benzene rings is 1. The Kier molecular flexibility index (Phi) is 7.22. The second-order valence-corrected chi connectivity index (χ2v) is 11.2. The van der Waals surface area contributed by atoms with E-state index in [2.05, 4.69) is 38.9 Å². The molecule has 2 aliphatic heterocycles. The molecule has 37 heavy (non-hydrogen) atoms. The molecule has 1 aromatic carbocycles. The summed E-state index contributed by atoms with van der Waals surface area (Å²) in [5, 5.41) is 20.4. The lowest BCUT2D eigenvalue weighted by atomic mass is 9.95. The molecule has 2 fully saturated rings. The number of carboxylic acid groups (broad SMARTS) is 1. The zero-order valence-electron chi connectivity index (χ0n) is 20.6. The average Bonchev–Trinajstić information content (AvgIpc) is 3.50. The third-order valence-electron chi connectivity index (χ3n) is 7.82. The first-order chi connectivity index (χ1) is 17.7. The fourth-order valence-corrected chi connectivity index (χ4v) is 6.45. The summed E-state index contributed by atoms with van der Waals surface area (Å²) in [4.78, 5) is 20.0. The van der Waals surface area contributed by atoms with E-state index in [0.717, 1.165) is 30.3 Å². The van der Waals surface area contributed by atoms with Crippen molar-refractivity contribution in [2.75, 3.05) is 20.1 Å². The highest BCUT2D eigenvalue weighted by Crippen LogP contribution is 2.41. The molecule has 8 nitrogen and oxygen atoms in total. The van der Waals surface area contributed by atoms with Gasteiger partial charge < -0.3 is 19.3 Å². The van der Waals surface area contributed by atoms with Gasteiger partial charge in [-0.1, -0.05) is 11.6 Å². The van der Waals surface area contributed by atoms with Crippen molar-refractivity contribution >= 4 is 55.4 Å². The summed E-state index contributed by atoms with van der Waals surface area (Å²) in [6.07, 6.45) is 4.01. The van der Waals surface area contributed by atoms with Gasteiger partial charge in [0.1, 0.15) is 11.6 Å². The number of nitrogens with zero attached hydrogens (tertiary/aromatic N) is 5. The minimum atomic E-state index is -1.02. The zero-order valence-corrected chi connectivity index (χ0v) is 23.0. The van der Waals surface area contributed by atoms with Crippen LogP contribution in [0.5, 0.6) is 5.88 Å². The third-order valence-corrected chi connectivity index (χ3v) is 9.12. The van der Waals surface area contributed by atoms with E-state index >= 15 is 4.39 Å². The number of pyridine rings is 1. The largest absolute Gasteiger partial charge is 0.472 e. The Balaban J connectivity index is 1.63. The van der Waals surface area contributed by atoms with E-state index in [1.54, 1.807) is 6.07 Å². The molecule has 5 rings (SSSR count). The maximum Gasteiger partial charge on any atom is 0.407 e. The van der Waals surface area contributed by atoms with E-state index in [1.807, 2.05) is 23.8 Å². The molecule has 1 amide bonds. The topological polar surface area (TPSA) is 94.6 Å². The van der Waals surface area contributed by atoms with E-state index in [0.29, 0.717) is 30.7 Å². The number of rotatable bonds is 5. The van der Waals surface area contributed by atoms with Crippen LogP contribution < -0.4 is 4.74 Å². The summed E-state index contributed by atoms with van der Waals surface area (Å²) >= 11 is 9.61. The number of fused-ring (bicyclic) bond motifs is 3. The van der Waals surface area contributed by atoms with Gasteiger partial charge >= 0.3 is 6.09 Å². The first-order valence-electron chi connectivity index (χ1n) is 12.4. The first-order valence-corrected chi connectivity index (χ1v) is 13.6. The van der Waals surface area contributed by atoms with Crippen molar-refractivity contribution in [3.8, 4) is 11.9 Å². The summed E-state index contributed by atoms with van der Waals surface area (Å²) in [6.45, 7) is 3.34. The molecular weight excluding hydrogens is 565 g/mol. The zero-order chi connectivity index (χ0) is 26.4. The number of aromatic nitrogens is 2. The Morgan fingerprint density at radius 1 is 1.41 bits per heavy atom. The van der Waals surface area contributed by atoms with Crippen LogP contribution in [0.15, 0.2) is 22.8 Å². The predicted molar refractivity (Wildman–Crippen MR) is 143 cm³/mol. The van der Waals surface area contributed by atoms with Crippen LogP contribution in [-0.4, -0.2) is 68.9 Å². The highest BCUT2D eigenvalue weighted by atomic mass is 79.9. The summed E-state index contributed by atoms with van der Waals surface area (Å²) in [5.74, 6) is -0.200. The molecular formula is C26H28BrClFN5O3. The lowest BCUT2D eigenvalue weighted by molar-refractivity contribution is 0.0936. The highest BCUT2D eigenvalue weighted by molar-refractivity contribution is 9.10. The number of likely N-dealkylation sites (N-methyl/N-ethyl adjacent to an activating group) is 1. The summed E-state index contributed by atoms with van der Waals surface area (Å²) < 4.78 is 24.1. The number of ether oxygens (including phenoxy) is 1. The van der Waals surface area contributed by atoms with E-state index in [9.17, 15) is 15.2 Å². The van der Waals surface area contributed by atoms with Crippen molar-refractivity contribution < 1.29 is 19.0 Å². The number of halogens is 3. The minimum absolute atomic E-state index is 0.0891. The molecule has 2 aromatic heterocycles. The fraction of sp³-hybridized carbons (Fsp3) is 0.500. The van der Waals surface area contributed by atoms with Crippen molar-refractivity contribution in [2.45, 2.75) is 63.3 Å². The van der Waals surface area contributed by atoms with Crippen LogP contribution in [0.1, 0.15) is 45.1 Å². The number of amides is 1. The smallest absolute Gasteiger partial charge is 0.407 e. The van der Waals surface area contributed by atoms with Crippen molar-refractivity contribution in [1.82, 2.24) is 19.4 Å². The lowest BCUT2D eigenvalue weighted by Gasteiger charge is -2.37. The molecule has 3 aromatic rings. The van der Waals surface area contributed by atoms with Crippen LogP contribution in [-0.2, 0) is 0 Å². The molecule has 0 saturated carbocycles. The number of nitriles is 1. The molecule has 0 spiro atoms. The van der Waals surface area contributed by atoms with E-state index in [-0.39, 0.29) is 39.6 Å². The molecule has 0 aliphatic carbocycles. The Morgan fingerprint density at radius 3 is 2.86 bits per heavy atom. The second-order valence-electron chi connectivity index (χ2n) is 9.97. The van der Waals surface area contributed by atoms with Gasteiger partial charge in [-0.25, -0.2) is 14.2 Å². The van der Waals surface area contributed by atoms with Gasteiger partial charge in [0.15, 0.2) is 5.82 Å². The van der Waals surface area contributed by atoms with Gasteiger partial charge in [-0.15, -0.1) is 0 Å². The van der Waals surface area contributed by atoms with Gasteiger partial charge in [-0.3, -0.25) is 4.90 Å². The molecule has 0 bridgehead atoms. The van der Waals surface area contributed by atoms with Crippen LogP contribution >= 0.6 is 27.5 Å².